The van der Waals surface area contributed by atoms with E-state index in [-0.39, 0.29) is 6.04 Å². The summed E-state index contributed by atoms with van der Waals surface area (Å²) in [4.78, 5) is 8.56. The Morgan fingerprint density at radius 1 is 1.16 bits per heavy atom. The molecule has 19 heavy (non-hydrogen) atoms. The molecule has 0 spiro atoms. The molecule has 6 nitrogen and oxygen atoms in total. The van der Waals surface area contributed by atoms with Gasteiger partial charge in [-0.15, -0.1) is 10.2 Å². The Hall–Kier alpha value is -2.50. The van der Waals surface area contributed by atoms with Crippen molar-refractivity contribution >= 4 is 17.0 Å². The van der Waals surface area contributed by atoms with E-state index in [0.29, 0.717) is 11.8 Å². The maximum atomic E-state index is 5.46. The molecule has 0 bridgehead atoms. The molecule has 1 aromatic carbocycles. The number of oxazole rings is 1. The summed E-state index contributed by atoms with van der Waals surface area (Å²) in [6, 6.07) is 7.48. The maximum absolute atomic E-state index is 5.46. The highest BCUT2D eigenvalue weighted by atomic mass is 16.4. The molecule has 1 unspecified atom stereocenters. The first-order valence-corrected chi connectivity index (χ1v) is 6.01. The van der Waals surface area contributed by atoms with Crippen LogP contribution in [0, 0.1) is 6.92 Å². The quantitative estimate of drug-likeness (QED) is 0.774. The molecule has 3 rings (SSSR count). The van der Waals surface area contributed by atoms with E-state index < -0.39 is 0 Å². The largest absolute Gasteiger partial charge is 0.444 e. The fourth-order valence-electron chi connectivity index (χ4n) is 1.77. The van der Waals surface area contributed by atoms with Crippen LogP contribution >= 0.6 is 0 Å². The minimum Gasteiger partial charge on any atom is -0.444 e. The van der Waals surface area contributed by atoms with Gasteiger partial charge in [-0.3, -0.25) is 0 Å². The van der Waals surface area contributed by atoms with Crippen molar-refractivity contribution in [3.8, 4) is 0 Å². The van der Waals surface area contributed by atoms with E-state index in [4.69, 9.17) is 4.42 Å². The van der Waals surface area contributed by atoms with Gasteiger partial charge in [0.1, 0.15) is 17.3 Å². The number of nitrogens with one attached hydrogen (secondary N) is 1. The van der Waals surface area contributed by atoms with E-state index in [1.54, 1.807) is 6.20 Å². The van der Waals surface area contributed by atoms with Gasteiger partial charge >= 0.3 is 0 Å². The molecule has 0 fully saturated rings. The zero-order valence-corrected chi connectivity index (χ0v) is 10.7. The van der Waals surface area contributed by atoms with Crippen molar-refractivity contribution in [2.75, 3.05) is 5.32 Å². The number of nitrogens with zero attached hydrogens (tertiary/aromatic N) is 4. The van der Waals surface area contributed by atoms with Crippen LogP contribution in [-0.4, -0.2) is 20.2 Å². The molecule has 0 aliphatic rings. The molecule has 0 saturated heterocycles. The molecule has 2 aromatic heterocycles. The summed E-state index contributed by atoms with van der Waals surface area (Å²) in [5.74, 6) is 1.84. The number of hydrogen-bond acceptors (Lipinski definition) is 6. The number of aryl methyl sites for hydroxylation is 1. The van der Waals surface area contributed by atoms with Gasteiger partial charge in [0.2, 0.25) is 11.8 Å². The summed E-state index contributed by atoms with van der Waals surface area (Å²) in [5, 5.41) is 11.3. The predicted molar refractivity (Wildman–Crippen MR) is 70.6 cm³/mol. The lowest BCUT2D eigenvalue weighted by atomic mass is 10.3. The fraction of sp³-hybridized carbons (Fsp3) is 0.231. The first-order valence-electron chi connectivity index (χ1n) is 6.01. The second kappa shape index (κ2) is 4.64. The number of fused-ring (bicyclic) bond motifs is 1. The van der Waals surface area contributed by atoms with E-state index in [2.05, 4.69) is 25.5 Å². The van der Waals surface area contributed by atoms with Crippen molar-refractivity contribution < 1.29 is 4.42 Å². The SMILES string of the molecule is Cc1cnc(C(C)Nc2nnc3ccccc3n2)o1. The van der Waals surface area contributed by atoms with Gasteiger partial charge in [0.25, 0.3) is 0 Å². The predicted octanol–water partition coefficient (Wildman–Crippen LogP) is 2.49. The number of anilines is 1. The minimum atomic E-state index is -0.114. The lowest BCUT2D eigenvalue weighted by Gasteiger charge is -2.09. The first kappa shape index (κ1) is 11.6. The summed E-state index contributed by atoms with van der Waals surface area (Å²) < 4.78 is 5.46. The van der Waals surface area contributed by atoms with Crippen LogP contribution < -0.4 is 5.32 Å². The summed E-state index contributed by atoms with van der Waals surface area (Å²) in [7, 11) is 0. The van der Waals surface area contributed by atoms with Crippen LogP contribution in [0.5, 0.6) is 0 Å². The number of para-hydroxylation sites is 1. The summed E-state index contributed by atoms with van der Waals surface area (Å²) >= 11 is 0. The molecule has 3 aromatic rings. The smallest absolute Gasteiger partial charge is 0.243 e. The van der Waals surface area contributed by atoms with Gasteiger partial charge in [-0.25, -0.2) is 9.97 Å². The van der Waals surface area contributed by atoms with E-state index in [1.165, 1.54) is 0 Å². The average molecular weight is 255 g/mol. The minimum absolute atomic E-state index is 0.114. The number of benzene rings is 1. The highest BCUT2D eigenvalue weighted by Gasteiger charge is 2.12. The summed E-state index contributed by atoms with van der Waals surface area (Å²) in [5.41, 5.74) is 1.57. The lowest BCUT2D eigenvalue weighted by Crippen LogP contribution is -2.10. The summed E-state index contributed by atoms with van der Waals surface area (Å²) in [6.07, 6.45) is 1.69. The first-order chi connectivity index (χ1) is 9.22. The molecule has 0 aliphatic carbocycles. The molecule has 96 valence electrons. The fourth-order valence-corrected chi connectivity index (χ4v) is 1.77. The Balaban J connectivity index is 1.84. The van der Waals surface area contributed by atoms with Crippen molar-refractivity contribution in [3.63, 3.8) is 0 Å². The van der Waals surface area contributed by atoms with Crippen LogP contribution in [0.3, 0.4) is 0 Å². The molecule has 0 amide bonds. The number of aromatic nitrogens is 4. The van der Waals surface area contributed by atoms with E-state index in [0.717, 1.165) is 16.8 Å². The monoisotopic (exact) mass is 255 g/mol. The van der Waals surface area contributed by atoms with E-state index in [1.807, 2.05) is 38.1 Å². The third kappa shape index (κ3) is 2.37. The average Bonchev–Trinajstić information content (AvgIpc) is 2.85. The van der Waals surface area contributed by atoms with Crippen LogP contribution in [0.1, 0.15) is 24.6 Å². The van der Waals surface area contributed by atoms with Gasteiger partial charge in [0.05, 0.1) is 11.7 Å². The molecular formula is C13H13N5O. The lowest BCUT2D eigenvalue weighted by molar-refractivity contribution is 0.453. The van der Waals surface area contributed by atoms with Crippen LogP contribution in [0.15, 0.2) is 34.9 Å². The van der Waals surface area contributed by atoms with E-state index in [9.17, 15) is 0 Å². The highest BCUT2D eigenvalue weighted by molar-refractivity contribution is 5.74. The highest BCUT2D eigenvalue weighted by Crippen LogP contribution is 2.17. The molecule has 0 radical (unpaired) electrons. The van der Waals surface area contributed by atoms with E-state index >= 15 is 0 Å². The zero-order valence-electron chi connectivity index (χ0n) is 10.7. The Morgan fingerprint density at radius 3 is 2.68 bits per heavy atom. The molecule has 1 N–H and O–H groups in total. The van der Waals surface area contributed by atoms with Crippen molar-refractivity contribution in [3.05, 3.63) is 42.1 Å². The Bertz CT molecular complexity index is 709. The molecule has 1 atom stereocenters. The molecule has 0 saturated carbocycles. The van der Waals surface area contributed by atoms with Gasteiger partial charge in [-0.05, 0) is 26.0 Å². The molecule has 0 aliphatic heterocycles. The topological polar surface area (TPSA) is 76.7 Å². The van der Waals surface area contributed by atoms with Gasteiger partial charge < -0.3 is 9.73 Å². The summed E-state index contributed by atoms with van der Waals surface area (Å²) in [6.45, 7) is 3.79. The third-order valence-corrected chi connectivity index (χ3v) is 2.72. The Morgan fingerprint density at radius 2 is 1.95 bits per heavy atom. The van der Waals surface area contributed by atoms with Crippen molar-refractivity contribution in [2.45, 2.75) is 19.9 Å². The van der Waals surface area contributed by atoms with Crippen LogP contribution in [0.2, 0.25) is 0 Å². The number of hydrogen-bond donors (Lipinski definition) is 1. The van der Waals surface area contributed by atoms with Gasteiger partial charge in [0.15, 0.2) is 0 Å². The Kier molecular flexibility index (Phi) is 2.83. The molecular weight excluding hydrogens is 242 g/mol. The van der Waals surface area contributed by atoms with Crippen molar-refractivity contribution in [2.24, 2.45) is 0 Å². The molecule has 6 heteroatoms. The van der Waals surface area contributed by atoms with Gasteiger partial charge in [0, 0.05) is 0 Å². The number of rotatable bonds is 3. The second-order valence-corrected chi connectivity index (χ2v) is 4.30. The van der Waals surface area contributed by atoms with Crippen molar-refractivity contribution in [1.82, 2.24) is 20.2 Å². The second-order valence-electron chi connectivity index (χ2n) is 4.30. The van der Waals surface area contributed by atoms with Crippen LogP contribution in [0.25, 0.3) is 11.0 Å². The molecule has 2 heterocycles. The zero-order chi connectivity index (χ0) is 13.2. The third-order valence-electron chi connectivity index (χ3n) is 2.72. The maximum Gasteiger partial charge on any atom is 0.243 e. The normalized spacial score (nSPS) is 12.5. The van der Waals surface area contributed by atoms with Crippen LogP contribution in [0.4, 0.5) is 5.95 Å². The standard InChI is InChI=1S/C13H13N5O/c1-8-7-14-12(19-8)9(2)15-13-16-10-5-3-4-6-11(10)17-18-13/h3-7,9H,1-2H3,(H,15,16,18). The van der Waals surface area contributed by atoms with Crippen molar-refractivity contribution in [1.29, 1.82) is 0 Å². The van der Waals surface area contributed by atoms with Gasteiger partial charge in [-0.1, -0.05) is 12.1 Å². The Labute approximate surface area is 109 Å². The van der Waals surface area contributed by atoms with Crippen LogP contribution in [-0.2, 0) is 0 Å². The van der Waals surface area contributed by atoms with Gasteiger partial charge in [-0.2, -0.15) is 0 Å².